The number of amides is 1. The maximum Gasteiger partial charge on any atom is 0.244 e. The first-order valence-corrected chi connectivity index (χ1v) is 12.7. The molecule has 1 heterocycles. The number of carbonyl (C=O) groups is 1. The van der Waals surface area contributed by atoms with Gasteiger partial charge in [-0.15, -0.1) is 0 Å². The van der Waals surface area contributed by atoms with Crippen LogP contribution in [0.1, 0.15) is 63.5 Å². The number of nitrogens with zero attached hydrogens (tertiary/aromatic N) is 1. The number of carbonyl (C=O) groups excluding carboxylic acids is 1. The second-order valence-corrected chi connectivity index (χ2v) is 9.10. The number of hydrogen-bond donors (Lipinski definition) is 1. The van der Waals surface area contributed by atoms with E-state index in [-0.39, 0.29) is 11.9 Å². The average Bonchev–Trinajstić information content (AvgIpc) is 2.88. The van der Waals surface area contributed by atoms with Gasteiger partial charge >= 0.3 is 0 Å². The molecular formula is C31H38N2O2. The van der Waals surface area contributed by atoms with Crippen LogP contribution in [0.3, 0.4) is 0 Å². The molecule has 35 heavy (non-hydrogen) atoms. The largest absolute Gasteiger partial charge is 0.497 e. The van der Waals surface area contributed by atoms with Crippen molar-refractivity contribution in [3.05, 3.63) is 90.3 Å². The average molecular weight is 471 g/mol. The molecule has 1 aromatic heterocycles. The maximum absolute atomic E-state index is 12.5. The summed E-state index contributed by atoms with van der Waals surface area (Å²) in [7, 11) is 1.69. The summed E-state index contributed by atoms with van der Waals surface area (Å²) in [5.41, 5.74) is 3.69. The SMILES string of the molecule is CCCCCC(=CC=CC(=O)N[C@H](C)CCCc1cccnc1)c1ccc2cc(OC)ccc2c1. The van der Waals surface area contributed by atoms with E-state index in [1.54, 1.807) is 19.4 Å². The number of hydrogen-bond acceptors (Lipinski definition) is 3. The quantitative estimate of drug-likeness (QED) is 0.162. The molecule has 4 heteroatoms. The Morgan fingerprint density at radius 2 is 1.91 bits per heavy atom. The molecule has 0 radical (unpaired) electrons. The Kier molecular flexibility index (Phi) is 10.6. The number of benzene rings is 2. The molecule has 0 saturated carbocycles. The first kappa shape index (κ1) is 26.2. The van der Waals surface area contributed by atoms with Gasteiger partial charge in [-0.2, -0.15) is 0 Å². The fourth-order valence-electron chi connectivity index (χ4n) is 4.21. The van der Waals surface area contributed by atoms with Gasteiger partial charge in [-0.1, -0.05) is 56.2 Å². The molecule has 0 aliphatic heterocycles. The van der Waals surface area contributed by atoms with Gasteiger partial charge in [-0.25, -0.2) is 0 Å². The number of aromatic nitrogens is 1. The number of aryl methyl sites for hydroxylation is 1. The van der Waals surface area contributed by atoms with Crippen molar-refractivity contribution in [2.75, 3.05) is 7.11 Å². The zero-order valence-corrected chi connectivity index (χ0v) is 21.3. The Morgan fingerprint density at radius 3 is 2.69 bits per heavy atom. The molecule has 0 saturated heterocycles. The van der Waals surface area contributed by atoms with Crippen LogP contribution >= 0.6 is 0 Å². The van der Waals surface area contributed by atoms with Gasteiger partial charge in [-0.05, 0) is 90.8 Å². The van der Waals surface area contributed by atoms with Crippen LogP contribution in [-0.4, -0.2) is 24.0 Å². The van der Waals surface area contributed by atoms with Crippen LogP contribution in [0.5, 0.6) is 5.75 Å². The fourth-order valence-corrected chi connectivity index (χ4v) is 4.21. The zero-order valence-electron chi connectivity index (χ0n) is 21.3. The third kappa shape index (κ3) is 8.71. The number of unbranched alkanes of at least 4 members (excludes halogenated alkanes) is 2. The molecule has 0 unspecified atom stereocenters. The van der Waals surface area contributed by atoms with Crippen molar-refractivity contribution in [2.24, 2.45) is 0 Å². The van der Waals surface area contributed by atoms with E-state index in [1.165, 1.54) is 34.9 Å². The van der Waals surface area contributed by atoms with Crippen molar-refractivity contribution < 1.29 is 9.53 Å². The molecule has 1 atom stereocenters. The molecule has 0 spiro atoms. The third-order valence-electron chi connectivity index (χ3n) is 6.23. The summed E-state index contributed by atoms with van der Waals surface area (Å²) in [4.78, 5) is 16.6. The van der Waals surface area contributed by atoms with Crippen molar-refractivity contribution in [3.8, 4) is 5.75 Å². The number of ether oxygens (including phenoxy) is 1. The number of methoxy groups -OCH3 is 1. The van der Waals surface area contributed by atoms with Gasteiger partial charge in [0, 0.05) is 24.5 Å². The van der Waals surface area contributed by atoms with Crippen LogP contribution < -0.4 is 10.1 Å². The first-order valence-electron chi connectivity index (χ1n) is 12.7. The lowest BCUT2D eigenvalue weighted by Gasteiger charge is -2.12. The van der Waals surface area contributed by atoms with E-state index in [9.17, 15) is 4.79 Å². The molecule has 2 aromatic carbocycles. The van der Waals surface area contributed by atoms with E-state index >= 15 is 0 Å². The molecule has 0 fully saturated rings. The Balaban J connectivity index is 1.60. The van der Waals surface area contributed by atoms with E-state index in [2.05, 4.69) is 66.6 Å². The van der Waals surface area contributed by atoms with Crippen LogP contribution in [0, 0.1) is 0 Å². The second kappa shape index (κ2) is 14.1. The van der Waals surface area contributed by atoms with Crippen molar-refractivity contribution in [3.63, 3.8) is 0 Å². The van der Waals surface area contributed by atoms with Crippen LogP contribution in [-0.2, 0) is 11.2 Å². The minimum atomic E-state index is -0.0476. The number of fused-ring (bicyclic) bond motifs is 1. The summed E-state index contributed by atoms with van der Waals surface area (Å²) < 4.78 is 5.35. The van der Waals surface area contributed by atoms with Gasteiger partial charge in [0.15, 0.2) is 0 Å². The molecule has 1 amide bonds. The molecule has 3 rings (SSSR count). The highest BCUT2D eigenvalue weighted by atomic mass is 16.5. The van der Waals surface area contributed by atoms with Gasteiger partial charge in [0.25, 0.3) is 0 Å². The monoisotopic (exact) mass is 470 g/mol. The summed E-state index contributed by atoms with van der Waals surface area (Å²) in [5, 5.41) is 5.43. The lowest BCUT2D eigenvalue weighted by molar-refractivity contribution is -0.117. The molecule has 0 bridgehead atoms. The highest BCUT2D eigenvalue weighted by Crippen LogP contribution is 2.27. The maximum atomic E-state index is 12.5. The van der Waals surface area contributed by atoms with Crippen LogP contribution in [0.2, 0.25) is 0 Å². The predicted molar refractivity (Wildman–Crippen MR) is 147 cm³/mol. The van der Waals surface area contributed by atoms with Crippen molar-refractivity contribution in [2.45, 2.75) is 64.8 Å². The van der Waals surface area contributed by atoms with Crippen LogP contribution in [0.25, 0.3) is 16.3 Å². The normalized spacial score (nSPS) is 12.7. The fraction of sp³-hybridized carbons (Fsp3) is 0.355. The van der Waals surface area contributed by atoms with Crippen LogP contribution in [0.15, 0.2) is 79.2 Å². The molecule has 0 aliphatic rings. The Morgan fingerprint density at radius 1 is 1.09 bits per heavy atom. The lowest BCUT2D eigenvalue weighted by Crippen LogP contribution is -2.31. The summed E-state index contributed by atoms with van der Waals surface area (Å²) >= 11 is 0. The van der Waals surface area contributed by atoms with Gasteiger partial charge in [-0.3, -0.25) is 9.78 Å². The van der Waals surface area contributed by atoms with Gasteiger partial charge in [0.2, 0.25) is 5.91 Å². The Hall–Kier alpha value is -3.40. The van der Waals surface area contributed by atoms with Gasteiger partial charge in [0.1, 0.15) is 5.75 Å². The topological polar surface area (TPSA) is 51.2 Å². The molecule has 3 aromatic rings. The minimum Gasteiger partial charge on any atom is -0.497 e. The van der Waals surface area contributed by atoms with Crippen molar-refractivity contribution in [1.82, 2.24) is 10.3 Å². The molecule has 184 valence electrons. The summed E-state index contributed by atoms with van der Waals surface area (Å²) in [6.07, 6.45) is 16.8. The molecule has 1 N–H and O–H groups in total. The number of allylic oxidation sites excluding steroid dienone is 3. The molecule has 0 aliphatic carbocycles. The predicted octanol–water partition coefficient (Wildman–Crippen LogP) is 7.29. The summed E-state index contributed by atoms with van der Waals surface area (Å²) in [6, 6.07) is 16.9. The van der Waals surface area contributed by atoms with E-state index in [4.69, 9.17) is 4.74 Å². The Bertz CT molecular complexity index is 1140. The number of pyridine rings is 1. The standard InChI is InChI=1S/C31H38N2O2/c1-4-5-6-13-26(27-16-17-29-22-30(35-3)19-18-28(29)21-27)14-8-15-31(34)33-24(2)10-7-11-25-12-9-20-32-23-25/h8-9,12,14-24H,4-7,10-11,13H2,1-3H3,(H,33,34)/t24-/m1/s1. The second-order valence-electron chi connectivity index (χ2n) is 9.10. The molecule has 4 nitrogen and oxygen atoms in total. The van der Waals surface area contributed by atoms with E-state index in [1.807, 2.05) is 24.4 Å². The summed E-state index contributed by atoms with van der Waals surface area (Å²) in [5.74, 6) is 0.817. The highest BCUT2D eigenvalue weighted by Gasteiger charge is 2.06. The summed E-state index contributed by atoms with van der Waals surface area (Å²) in [6.45, 7) is 4.28. The zero-order chi connectivity index (χ0) is 24.9. The lowest BCUT2D eigenvalue weighted by atomic mass is 9.96. The van der Waals surface area contributed by atoms with Crippen LogP contribution in [0.4, 0.5) is 0 Å². The van der Waals surface area contributed by atoms with E-state index in [0.717, 1.165) is 43.2 Å². The first-order chi connectivity index (χ1) is 17.1. The number of rotatable bonds is 13. The minimum absolute atomic E-state index is 0.0476. The van der Waals surface area contributed by atoms with E-state index < -0.39 is 0 Å². The molecular weight excluding hydrogens is 432 g/mol. The third-order valence-corrected chi connectivity index (χ3v) is 6.23. The number of nitrogens with one attached hydrogen (secondary N) is 1. The van der Waals surface area contributed by atoms with Crippen molar-refractivity contribution in [1.29, 1.82) is 0 Å². The van der Waals surface area contributed by atoms with Crippen molar-refractivity contribution >= 4 is 22.3 Å². The van der Waals surface area contributed by atoms with Gasteiger partial charge < -0.3 is 10.1 Å². The van der Waals surface area contributed by atoms with Gasteiger partial charge in [0.05, 0.1) is 7.11 Å². The Labute approximate surface area is 210 Å². The van der Waals surface area contributed by atoms with E-state index in [0.29, 0.717) is 0 Å². The highest BCUT2D eigenvalue weighted by molar-refractivity contribution is 5.89. The smallest absolute Gasteiger partial charge is 0.244 e.